The van der Waals surface area contributed by atoms with Gasteiger partial charge in [0.15, 0.2) is 0 Å². The molecular weight excluding hydrogens is 486 g/mol. The molecule has 4 aromatic rings. The zero-order valence-corrected chi connectivity index (χ0v) is 23.6. The van der Waals surface area contributed by atoms with Crippen LogP contribution < -0.4 is 14.2 Å². The summed E-state index contributed by atoms with van der Waals surface area (Å²) < 4.78 is 23.5. The number of aryl methyl sites for hydroxylation is 1. The molecule has 0 saturated carbocycles. The highest BCUT2D eigenvalue weighted by Gasteiger charge is 2.21. The van der Waals surface area contributed by atoms with Crippen molar-refractivity contribution in [3.8, 4) is 39.7 Å². The standard InChI is InChI=1S/C31H37NO4.ClH/c1-20(2)32(21(3)4)16-17-35-26-11-8-22(5)28(18-26)30-27-15-14-25(34-7)19-29(27)36-31(30)23-9-12-24(33-6)13-10-23;/h8-15,18-21H,16-17H2,1-7H3;1H. The monoisotopic (exact) mass is 523 g/mol. The van der Waals surface area contributed by atoms with Crippen molar-refractivity contribution >= 4 is 23.4 Å². The van der Waals surface area contributed by atoms with Gasteiger partial charge in [0.25, 0.3) is 0 Å². The second-order valence-corrected chi connectivity index (χ2v) is 9.65. The number of hydrogen-bond donors (Lipinski definition) is 0. The first-order valence-corrected chi connectivity index (χ1v) is 12.6. The molecule has 5 nitrogen and oxygen atoms in total. The first-order valence-electron chi connectivity index (χ1n) is 12.6. The maximum Gasteiger partial charge on any atom is 0.143 e. The first-order chi connectivity index (χ1) is 17.3. The van der Waals surface area contributed by atoms with Gasteiger partial charge >= 0.3 is 0 Å². The van der Waals surface area contributed by atoms with E-state index in [1.807, 2.05) is 42.5 Å². The number of rotatable bonds is 10. The summed E-state index contributed by atoms with van der Waals surface area (Å²) in [6.07, 6.45) is 0. The Morgan fingerprint density at radius 1 is 0.784 bits per heavy atom. The van der Waals surface area contributed by atoms with Gasteiger partial charge in [-0.3, -0.25) is 4.90 Å². The lowest BCUT2D eigenvalue weighted by molar-refractivity contribution is 0.142. The summed E-state index contributed by atoms with van der Waals surface area (Å²) >= 11 is 0. The molecule has 0 N–H and O–H groups in total. The Bertz CT molecular complexity index is 1300. The Morgan fingerprint density at radius 2 is 1.41 bits per heavy atom. The zero-order valence-electron chi connectivity index (χ0n) is 22.8. The fourth-order valence-electron chi connectivity index (χ4n) is 4.76. The summed E-state index contributed by atoms with van der Waals surface area (Å²) in [5, 5.41) is 1.03. The van der Waals surface area contributed by atoms with Crippen LogP contribution in [0, 0.1) is 6.92 Å². The quantitative estimate of drug-likeness (QED) is 0.210. The molecule has 0 aliphatic heterocycles. The number of ether oxygens (including phenoxy) is 3. The molecule has 4 rings (SSSR count). The normalized spacial score (nSPS) is 11.3. The van der Waals surface area contributed by atoms with E-state index in [0.29, 0.717) is 18.7 Å². The lowest BCUT2D eigenvalue weighted by Crippen LogP contribution is -2.39. The number of methoxy groups -OCH3 is 2. The summed E-state index contributed by atoms with van der Waals surface area (Å²) in [5.74, 6) is 3.23. The second-order valence-electron chi connectivity index (χ2n) is 9.65. The molecule has 1 aromatic heterocycles. The molecule has 0 atom stereocenters. The fraction of sp³-hybridized carbons (Fsp3) is 0.355. The number of furan rings is 1. The average molecular weight is 524 g/mol. The Morgan fingerprint density at radius 3 is 2.03 bits per heavy atom. The summed E-state index contributed by atoms with van der Waals surface area (Å²) in [5.41, 5.74) is 5.06. The molecule has 37 heavy (non-hydrogen) atoms. The molecule has 6 heteroatoms. The van der Waals surface area contributed by atoms with E-state index in [1.165, 1.54) is 0 Å². The van der Waals surface area contributed by atoms with E-state index < -0.39 is 0 Å². The van der Waals surface area contributed by atoms with Gasteiger partial charge in [-0.15, -0.1) is 12.4 Å². The lowest BCUT2D eigenvalue weighted by atomic mass is 9.95. The van der Waals surface area contributed by atoms with Gasteiger partial charge in [-0.05, 0) is 94.3 Å². The van der Waals surface area contributed by atoms with Gasteiger partial charge in [0.1, 0.15) is 35.2 Å². The Balaban J connectivity index is 0.00000380. The maximum absolute atomic E-state index is 6.45. The van der Waals surface area contributed by atoms with Crippen LogP contribution in [-0.2, 0) is 0 Å². The number of benzene rings is 3. The number of fused-ring (bicyclic) bond motifs is 1. The van der Waals surface area contributed by atoms with Crippen LogP contribution in [0.15, 0.2) is 65.1 Å². The van der Waals surface area contributed by atoms with Crippen LogP contribution in [0.4, 0.5) is 0 Å². The highest BCUT2D eigenvalue weighted by atomic mass is 35.5. The number of hydrogen-bond acceptors (Lipinski definition) is 5. The van der Waals surface area contributed by atoms with Crippen molar-refractivity contribution in [2.24, 2.45) is 0 Å². The average Bonchev–Trinajstić information content (AvgIpc) is 3.25. The second kappa shape index (κ2) is 12.4. The molecule has 0 fully saturated rings. The minimum absolute atomic E-state index is 0. The minimum atomic E-state index is 0. The van der Waals surface area contributed by atoms with Crippen molar-refractivity contribution < 1.29 is 18.6 Å². The van der Waals surface area contributed by atoms with Gasteiger partial charge in [-0.1, -0.05) is 6.07 Å². The largest absolute Gasteiger partial charge is 0.497 e. The van der Waals surface area contributed by atoms with Gasteiger partial charge in [-0.25, -0.2) is 0 Å². The molecule has 0 aliphatic rings. The van der Waals surface area contributed by atoms with E-state index in [4.69, 9.17) is 18.6 Å². The third kappa shape index (κ3) is 6.23. The van der Waals surface area contributed by atoms with Crippen molar-refractivity contribution in [2.75, 3.05) is 27.4 Å². The molecule has 0 bridgehead atoms. The predicted octanol–water partition coefficient (Wildman–Crippen LogP) is 8.01. The number of halogens is 1. The van der Waals surface area contributed by atoms with E-state index in [-0.39, 0.29) is 12.4 Å². The molecular formula is C31H38ClNO4. The Labute approximate surface area is 226 Å². The molecule has 0 aliphatic carbocycles. The Kier molecular flexibility index (Phi) is 9.52. The summed E-state index contributed by atoms with van der Waals surface area (Å²) in [7, 11) is 3.34. The molecule has 0 spiro atoms. The van der Waals surface area contributed by atoms with Crippen molar-refractivity contribution in [1.82, 2.24) is 4.90 Å². The Hall–Kier alpha value is -3.15. The summed E-state index contributed by atoms with van der Waals surface area (Å²) in [6, 6.07) is 21.2. The van der Waals surface area contributed by atoms with Crippen LogP contribution in [0.25, 0.3) is 33.4 Å². The molecule has 3 aromatic carbocycles. The van der Waals surface area contributed by atoms with Gasteiger partial charge in [0.05, 0.1) is 14.2 Å². The third-order valence-electron chi connectivity index (χ3n) is 6.67. The molecule has 198 valence electrons. The summed E-state index contributed by atoms with van der Waals surface area (Å²) in [6.45, 7) is 12.5. The van der Waals surface area contributed by atoms with Crippen LogP contribution in [0.3, 0.4) is 0 Å². The van der Waals surface area contributed by atoms with Crippen molar-refractivity contribution in [1.29, 1.82) is 0 Å². The highest BCUT2D eigenvalue weighted by Crippen LogP contribution is 2.44. The topological polar surface area (TPSA) is 44.1 Å². The van der Waals surface area contributed by atoms with Gasteiger partial charge in [-0.2, -0.15) is 0 Å². The summed E-state index contributed by atoms with van der Waals surface area (Å²) in [4.78, 5) is 2.44. The fourth-order valence-corrected chi connectivity index (χ4v) is 4.76. The van der Waals surface area contributed by atoms with Gasteiger partial charge in [0.2, 0.25) is 0 Å². The smallest absolute Gasteiger partial charge is 0.143 e. The lowest BCUT2D eigenvalue weighted by Gasteiger charge is -2.30. The molecule has 0 saturated heterocycles. The SMILES string of the molecule is COc1ccc(-c2oc3cc(OC)ccc3c2-c2cc(OCCN(C(C)C)C(C)C)ccc2C)cc1.Cl. The maximum atomic E-state index is 6.45. The highest BCUT2D eigenvalue weighted by molar-refractivity contribution is 6.03. The van der Waals surface area contributed by atoms with E-state index in [1.54, 1.807) is 14.2 Å². The van der Waals surface area contributed by atoms with E-state index in [9.17, 15) is 0 Å². The third-order valence-corrected chi connectivity index (χ3v) is 6.67. The van der Waals surface area contributed by atoms with Crippen LogP contribution in [0.2, 0.25) is 0 Å². The first kappa shape index (κ1) is 28.4. The van der Waals surface area contributed by atoms with Crippen LogP contribution in [0.1, 0.15) is 33.3 Å². The van der Waals surface area contributed by atoms with Crippen molar-refractivity contribution in [3.63, 3.8) is 0 Å². The molecule has 0 unspecified atom stereocenters. The van der Waals surface area contributed by atoms with Crippen LogP contribution in [-0.4, -0.2) is 44.4 Å². The minimum Gasteiger partial charge on any atom is -0.497 e. The van der Waals surface area contributed by atoms with E-state index in [2.05, 4.69) is 57.7 Å². The predicted molar refractivity (Wildman–Crippen MR) is 155 cm³/mol. The molecule has 0 radical (unpaired) electrons. The van der Waals surface area contributed by atoms with Crippen LogP contribution in [0.5, 0.6) is 17.2 Å². The molecule has 1 heterocycles. The van der Waals surface area contributed by atoms with E-state index in [0.717, 1.165) is 62.8 Å². The van der Waals surface area contributed by atoms with Gasteiger partial charge in [0, 0.05) is 41.2 Å². The molecule has 0 amide bonds. The van der Waals surface area contributed by atoms with Crippen molar-refractivity contribution in [2.45, 2.75) is 46.7 Å². The van der Waals surface area contributed by atoms with Crippen LogP contribution >= 0.6 is 12.4 Å². The van der Waals surface area contributed by atoms with Crippen molar-refractivity contribution in [3.05, 3.63) is 66.2 Å². The zero-order chi connectivity index (χ0) is 25.8. The van der Waals surface area contributed by atoms with Gasteiger partial charge < -0.3 is 18.6 Å². The number of nitrogens with zero attached hydrogens (tertiary/aromatic N) is 1. The van der Waals surface area contributed by atoms with E-state index >= 15 is 0 Å².